The number of hydrogen-bond acceptors (Lipinski definition) is 5. The molecule has 1 aliphatic carbocycles. The number of benzene rings is 1. The van der Waals surface area contributed by atoms with Crippen molar-refractivity contribution in [2.45, 2.75) is 86.7 Å². The zero-order valence-electron chi connectivity index (χ0n) is 24.0. The summed E-state index contributed by atoms with van der Waals surface area (Å²) in [5.74, 6) is -1.40. The topological polar surface area (TPSA) is 76.5 Å². The van der Waals surface area contributed by atoms with E-state index in [-0.39, 0.29) is 55.7 Å². The molecule has 0 saturated heterocycles. The van der Waals surface area contributed by atoms with Gasteiger partial charge in [-0.25, -0.2) is 14.2 Å². The van der Waals surface area contributed by atoms with Gasteiger partial charge in [0.25, 0.3) is 0 Å². The molecule has 1 aromatic heterocycles. The Balaban J connectivity index is 0.00000176. The monoisotopic (exact) mass is 561 g/mol. The number of rotatable bonds is 6. The Morgan fingerprint density at radius 1 is 1.26 bits per heavy atom. The maximum absolute atomic E-state index is 14.7. The van der Waals surface area contributed by atoms with E-state index in [1.807, 2.05) is 41.5 Å². The first-order valence-electron chi connectivity index (χ1n) is 13.1. The Morgan fingerprint density at radius 2 is 1.89 bits per heavy atom. The van der Waals surface area contributed by atoms with Gasteiger partial charge in [0, 0.05) is 47.1 Å². The van der Waals surface area contributed by atoms with E-state index in [0.717, 1.165) is 53.5 Å². The van der Waals surface area contributed by atoms with Gasteiger partial charge in [0.15, 0.2) is 11.9 Å². The van der Waals surface area contributed by atoms with Crippen molar-refractivity contribution < 1.29 is 42.4 Å². The second-order valence-corrected chi connectivity index (χ2v) is 9.43. The molecule has 2 atom stereocenters. The number of Topliss-reactive ketones (excluding diaryl/α,β-unsaturated/α-hetero) is 1. The van der Waals surface area contributed by atoms with E-state index < -0.39 is 12.1 Å². The molecule has 0 saturated carbocycles. The zero-order valence-corrected chi connectivity index (χ0v) is 25.4. The molecule has 5 nitrogen and oxygen atoms in total. The Hall–Kier alpha value is -2.28. The Bertz CT molecular complexity index is 1260. The number of esters is 1. The van der Waals surface area contributed by atoms with E-state index in [4.69, 9.17) is 9.72 Å². The molecule has 0 bridgehead atoms. The van der Waals surface area contributed by atoms with Gasteiger partial charge in [-0.1, -0.05) is 40.7 Å². The quantitative estimate of drug-likeness (QED) is 0.325. The fraction of sp³-hybridized carbons (Fsp3) is 0.484. The van der Waals surface area contributed by atoms with E-state index in [9.17, 15) is 19.1 Å². The van der Waals surface area contributed by atoms with Gasteiger partial charge in [-0.15, -0.1) is 0 Å². The van der Waals surface area contributed by atoms with Crippen LogP contribution in [0.25, 0.3) is 16.5 Å². The van der Waals surface area contributed by atoms with Crippen molar-refractivity contribution in [2.24, 2.45) is 5.92 Å². The van der Waals surface area contributed by atoms with E-state index in [1.165, 1.54) is 11.6 Å². The van der Waals surface area contributed by atoms with Crippen LogP contribution in [0.5, 0.6) is 0 Å². The summed E-state index contributed by atoms with van der Waals surface area (Å²) in [7, 11) is 0. The van der Waals surface area contributed by atoms with Crippen LogP contribution in [0.15, 0.2) is 23.3 Å². The molecule has 0 spiro atoms. The van der Waals surface area contributed by atoms with Crippen molar-refractivity contribution in [2.75, 3.05) is 6.61 Å². The van der Waals surface area contributed by atoms with Gasteiger partial charge in [-0.3, -0.25) is 4.79 Å². The van der Waals surface area contributed by atoms with Crippen molar-refractivity contribution >= 4 is 28.2 Å². The van der Waals surface area contributed by atoms with Crippen LogP contribution < -0.4 is 0 Å². The zero-order chi connectivity index (χ0) is 26.7. The molecule has 4 rings (SSSR count). The molecule has 2 aromatic rings. The number of carbonyl (C=O) groups excluding carboxylic acids is 2. The molecule has 1 aromatic carbocycles. The van der Waals surface area contributed by atoms with E-state index in [1.54, 1.807) is 6.08 Å². The van der Waals surface area contributed by atoms with Gasteiger partial charge in [-0.05, 0) is 73.8 Å². The molecule has 2 aliphatic rings. The van der Waals surface area contributed by atoms with Gasteiger partial charge in [0.1, 0.15) is 12.4 Å². The maximum atomic E-state index is 14.7. The average molecular weight is 562 g/mol. The van der Waals surface area contributed by atoms with Gasteiger partial charge in [-0.2, -0.15) is 0 Å². The number of aryl methyl sites for hydroxylation is 2. The summed E-state index contributed by atoms with van der Waals surface area (Å²) in [4.78, 5) is 30.0. The van der Waals surface area contributed by atoms with Crippen molar-refractivity contribution in [3.63, 3.8) is 0 Å². The number of aromatic nitrogens is 1. The number of pyridine rings is 1. The number of halogens is 1. The predicted molar refractivity (Wildman–Crippen MR) is 148 cm³/mol. The van der Waals surface area contributed by atoms with E-state index in [2.05, 4.69) is 6.92 Å². The molecule has 0 fully saturated rings. The number of hydrogen-bond donors (Lipinski definition) is 1. The summed E-state index contributed by atoms with van der Waals surface area (Å²) < 4.78 is 19.8. The van der Waals surface area contributed by atoms with Gasteiger partial charge < -0.3 is 17.3 Å². The minimum Gasteiger partial charge on any atom is -0.458 e. The molecule has 38 heavy (non-hydrogen) atoms. The summed E-state index contributed by atoms with van der Waals surface area (Å²) in [6, 6.07) is 1.50. The van der Waals surface area contributed by atoms with Crippen LogP contribution >= 0.6 is 0 Å². The van der Waals surface area contributed by atoms with Crippen LogP contribution in [0.3, 0.4) is 0 Å². The Morgan fingerprint density at radius 3 is 2.50 bits per heavy atom. The summed E-state index contributed by atoms with van der Waals surface area (Å²) in [5.41, 5.74) is 6.69. The SMILES string of the molecule is CC.CCc1c(/C(C)=C/C2=C(C(=O)C(C)CC)COC(=O)C2O)nc2cc(F)c(C)c3c2c1CCC3.[CH3-].[V]. The fourth-order valence-electron chi connectivity index (χ4n) is 5.19. The van der Waals surface area contributed by atoms with Gasteiger partial charge in [0.05, 0.1) is 11.2 Å². The Labute approximate surface area is 238 Å². The van der Waals surface area contributed by atoms with Crippen molar-refractivity contribution in [1.29, 1.82) is 0 Å². The van der Waals surface area contributed by atoms with Crippen LogP contribution in [-0.2, 0) is 52.1 Å². The number of carbonyl (C=O) groups is 2. The summed E-state index contributed by atoms with van der Waals surface area (Å²) in [6.45, 7) is 13.4. The number of cyclic esters (lactones) is 1. The molecule has 2 unspecified atom stereocenters. The first kappa shape index (κ1) is 33.8. The van der Waals surface area contributed by atoms with Crippen LogP contribution in [0, 0.1) is 26.1 Å². The van der Waals surface area contributed by atoms with Crippen LogP contribution in [0.4, 0.5) is 4.39 Å². The number of ether oxygens (including phenoxy) is 1. The molecule has 0 amide bonds. The van der Waals surface area contributed by atoms with Crippen molar-refractivity contribution in [3.05, 3.63) is 64.5 Å². The number of aliphatic hydroxyl groups is 1. The number of nitrogens with zero attached hydrogens (tertiary/aromatic N) is 1. The minimum absolute atomic E-state index is 0. The Kier molecular flexibility index (Phi) is 12.6. The molecule has 207 valence electrons. The molecule has 1 N–H and O–H groups in total. The first-order chi connectivity index (χ1) is 17.2. The van der Waals surface area contributed by atoms with Crippen LogP contribution in [-0.4, -0.2) is 34.6 Å². The number of allylic oxidation sites excluding steroid dienone is 1. The third-order valence-electron chi connectivity index (χ3n) is 7.35. The summed E-state index contributed by atoms with van der Waals surface area (Å²) >= 11 is 0. The van der Waals surface area contributed by atoms with Crippen LogP contribution in [0.1, 0.15) is 82.3 Å². The molecular weight excluding hydrogens is 520 g/mol. The van der Waals surface area contributed by atoms with E-state index >= 15 is 0 Å². The van der Waals surface area contributed by atoms with Gasteiger partial charge >= 0.3 is 5.97 Å². The number of aliphatic hydroxyl groups excluding tert-OH is 1. The largest absolute Gasteiger partial charge is 0.458 e. The smallest absolute Gasteiger partial charge is 0.340 e. The van der Waals surface area contributed by atoms with Gasteiger partial charge in [0.2, 0.25) is 0 Å². The molecule has 7 heteroatoms. The third-order valence-corrected chi connectivity index (χ3v) is 7.35. The van der Waals surface area contributed by atoms with Crippen molar-refractivity contribution in [3.8, 4) is 0 Å². The maximum Gasteiger partial charge on any atom is 0.340 e. The normalized spacial score (nSPS) is 17.6. The molecule has 1 radical (unpaired) electrons. The molecule has 2 heterocycles. The molecular formula is C31H41FNO4V-. The van der Waals surface area contributed by atoms with Crippen molar-refractivity contribution in [1.82, 2.24) is 4.98 Å². The summed E-state index contributed by atoms with van der Waals surface area (Å²) in [6.07, 6.45) is 4.25. The third kappa shape index (κ3) is 6.14. The molecule has 1 aliphatic heterocycles. The second kappa shape index (κ2) is 14.2. The van der Waals surface area contributed by atoms with E-state index in [0.29, 0.717) is 23.1 Å². The predicted octanol–water partition coefficient (Wildman–Crippen LogP) is 6.44. The number of ketones is 1. The average Bonchev–Trinajstić information content (AvgIpc) is 2.89. The summed E-state index contributed by atoms with van der Waals surface area (Å²) in [5, 5.41) is 11.7. The first-order valence-corrected chi connectivity index (χ1v) is 13.1. The minimum atomic E-state index is -1.53. The van der Waals surface area contributed by atoms with Crippen LogP contribution in [0.2, 0.25) is 0 Å². The standard InChI is InChI=1S/C28H32FNO4.C2H6.CH3.V/c1-6-14(3)26(31)21-13-34-28(33)27(32)20(21)11-15(4)25-17(7-2)19-10-8-9-18-16(5)22(29)12-23(30-25)24(18)19;1-2;;/h11-12,14,27,32H,6-10,13H2,1-5H3;1-2H3;1H3;/q;;-1;/b15-11+;;;. The second-order valence-electron chi connectivity index (χ2n) is 9.43. The fourth-order valence-corrected chi connectivity index (χ4v) is 5.19.